The summed E-state index contributed by atoms with van der Waals surface area (Å²) in [4.78, 5) is 20.2. The van der Waals surface area contributed by atoms with Gasteiger partial charge in [-0.25, -0.2) is 9.78 Å². The number of rotatable bonds is 5. The van der Waals surface area contributed by atoms with Crippen LogP contribution >= 0.6 is 0 Å². The molecule has 0 unspecified atom stereocenters. The molecule has 2 N–H and O–H groups in total. The molecule has 2 heterocycles. The number of ether oxygens (including phenoxy) is 2. The average molecular weight is 342 g/mol. The van der Waals surface area contributed by atoms with Gasteiger partial charge in [-0.05, 0) is 18.9 Å². The first-order valence-electron chi connectivity index (χ1n) is 8.26. The summed E-state index contributed by atoms with van der Waals surface area (Å²) in [6.45, 7) is 1.81. The number of carbonyl (C=O) groups is 1. The number of nitrogens with one attached hydrogen (secondary N) is 2. The Balaban J connectivity index is 1.74. The standard InChI is InChI=1S/C18H22N4O3/c1-24-15-5-3-2-4-14(15)18(6-10-25-11-7-18)13-21-17(23)22-16-12-19-8-9-20-16/h2-5,8-9,12H,6-7,10-11,13H2,1H3,(H2,20,21,22,23). The largest absolute Gasteiger partial charge is 0.496 e. The van der Waals surface area contributed by atoms with E-state index >= 15 is 0 Å². The first kappa shape index (κ1) is 17.2. The fourth-order valence-corrected chi connectivity index (χ4v) is 3.16. The lowest BCUT2D eigenvalue weighted by atomic mass is 9.73. The molecule has 1 aliphatic heterocycles. The topological polar surface area (TPSA) is 85.4 Å². The number of amides is 2. The molecule has 0 saturated carbocycles. The number of anilines is 1. The van der Waals surface area contributed by atoms with Crippen LogP contribution in [0.5, 0.6) is 5.75 Å². The fourth-order valence-electron chi connectivity index (χ4n) is 3.16. The van der Waals surface area contributed by atoms with E-state index in [1.54, 1.807) is 13.3 Å². The number of hydrogen-bond acceptors (Lipinski definition) is 5. The van der Waals surface area contributed by atoms with Crippen molar-refractivity contribution < 1.29 is 14.3 Å². The molecule has 2 aromatic rings. The van der Waals surface area contributed by atoms with Crippen LogP contribution in [0.4, 0.5) is 10.6 Å². The van der Waals surface area contributed by atoms with Crippen LogP contribution in [0.1, 0.15) is 18.4 Å². The smallest absolute Gasteiger partial charge is 0.320 e. The summed E-state index contributed by atoms with van der Waals surface area (Å²) in [6, 6.07) is 7.65. The molecule has 0 radical (unpaired) electrons. The van der Waals surface area contributed by atoms with Crippen LogP contribution in [0, 0.1) is 0 Å². The Morgan fingerprint density at radius 3 is 2.80 bits per heavy atom. The van der Waals surface area contributed by atoms with E-state index in [0.717, 1.165) is 24.2 Å². The third kappa shape index (κ3) is 4.06. The van der Waals surface area contributed by atoms with Crippen LogP contribution < -0.4 is 15.4 Å². The van der Waals surface area contributed by atoms with Crippen molar-refractivity contribution in [3.63, 3.8) is 0 Å². The SMILES string of the molecule is COc1ccccc1C1(CNC(=O)Nc2cnccn2)CCOCC1. The predicted molar refractivity (Wildman–Crippen MR) is 93.8 cm³/mol. The van der Waals surface area contributed by atoms with Crippen molar-refractivity contribution in [1.29, 1.82) is 0 Å². The molecule has 1 aromatic heterocycles. The van der Waals surface area contributed by atoms with Crippen molar-refractivity contribution in [2.75, 3.05) is 32.2 Å². The zero-order valence-corrected chi connectivity index (χ0v) is 14.2. The summed E-state index contributed by atoms with van der Waals surface area (Å²) in [5.74, 6) is 1.25. The van der Waals surface area contributed by atoms with Gasteiger partial charge in [0.1, 0.15) is 5.75 Å². The molecule has 3 rings (SSSR count). The average Bonchev–Trinajstić information content (AvgIpc) is 2.68. The van der Waals surface area contributed by atoms with Crippen molar-refractivity contribution in [3.8, 4) is 5.75 Å². The highest BCUT2D eigenvalue weighted by Gasteiger charge is 2.37. The quantitative estimate of drug-likeness (QED) is 0.871. The monoisotopic (exact) mass is 342 g/mol. The molecule has 1 aliphatic rings. The maximum Gasteiger partial charge on any atom is 0.320 e. The zero-order valence-electron chi connectivity index (χ0n) is 14.2. The Bertz CT molecular complexity index is 702. The lowest BCUT2D eigenvalue weighted by molar-refractivity contribution is 0.0500. The minimum absolute atomic E-state index is 0.218. The van der Waals surface area contributed by atoms with Gasteiger partial charge in [0.2, 0.25) is 0 Å². The molecule has 25 heavy (non-hydrogen) atoms. The highest BCUT2D eigenvalue weighted by Crippen LogP contribution is 2.39. The normalized spacial score (nSPS) is 16.0. The zero-order chi connectivity index (χ0) is 17.5. The minimum atomic E-state index is -0.304. The summed E-state index contributed by atoms with van der Waals surface area (Å²) in [7, 11) is 1.67. The predicted octanol–water partition coefficient (Wildman–Crippen LogP) is 2.36. The number of hydrogen-bond donors (Lipinski definition) is 2. The Morgan fingerprint density at radius 1 is 1.28 bits per heavy atom. The lowest BCUT2D eigenvalue weighted by Crippen LogP contribution is -2.46. The van der Waals surface area contributed by atoms with Crippen molar-refractivity contribution in [2.24, 2.45) is 0 Å². The summed E-state index contributed by atoms with van der Waals surface area (Å²) in [5, 5.41) is 5.66. The number of aromatic nitrogens is 2. The molecule has 0 spiro atoms. The Morgan fingerprint density at radius 2 is 2.08 bits per heavy atom. The van der Waals surface area contributed by atoms with Gasteiger partial charge in [0.15, 0.2) is 5.82 Å². The second-order valence-corrected chi connectivity index (χ2v) is 5.99. The minimum Gasteiger partial charge on any atom is -0.496 e. The van der Waals surface area contributed by atoms with Gasteiger partial charge in [-0.3, -0.25) is 10.3 Å². The molecule has 7 heteroatoms. The van der Waals surface area contributed by atoms with Crippen molar-refractivity contribution in [2.45, 2.75) is 18.3 Å². The third-order valence-corrected chi connectivity index (χ3v) is 4.52. The summed E-state index contributed by atoms with van der Waals surface area (Å²) < 4.78 is 11.1. The second kappa shape index (κ2) is 7.94. The highest BCUT2D eigenvalue weighted by molar-refractivity contribution is 5.88. The van der Waals surface area contributed by atoms with Gasteiger partial charge in [-0.15, -0.1) is 0 Å². The van der Waals surface area contributed by atoms with Gasteiger partial charge in [0.05, 0.1) is 13.3 Å². The molecule has 0 atom stereocenters. The van der Waals surface area contributed by atoms with E-state index in [-0.39, 0.29) is 11.4 Å². The van der Waals surface area contributed by atoms with Crippen LogP contribution in [0.2, 0.25) is 0 Å². The van der Waals surface area contributed by atoms with E-state index in [9.17, 15) is 4.79 Å². The van der Waals surface area contributed by atoms with Crippen molar-refractivity contribution in [3.05, 3.63) is 48.4 Å². The maximum absolute atomic E-state index is 12.2. The number of carbonyl (C=O) groups excluding carboxylic acids is 1. The summed E-state index contributed by atoms with van der Waals surface area (Å²) in [5.41, 5.74) is 0.880. The Kier molecular flexibility index (Phi) is 5.45. The first-order chi connectivity index (χ1) is 12.2. The van der Waals surface area contributed by atoms with Crippen LogP contribution in [-0.2, 0) is 10.2 Å². The number of benzene rings is 1. The van der Waals surface area contributed by atoms with Gasteiger partial charge in [-0.1, -0.05) is 18.2 Å². The molecule has 132 valence electrons. The van der Waals surface area contributed by atoms with Gasteiger partial charge in [0.25, 0.3) is 0 Å². The van der Waals surface area contributed by atoms with Crippen LogP contribution in [-0.4, -0.2) is 42.9 Å². The van der Waals surface area contributed by atoms with Gasteiger partial charge in [0, 0.05) is 43.1 Å². The van der Waals surface area contributed by atoms with E-state index < -0.39 is 0 Å². The summed E-state index contributed by atoms with van der Waals surface area (Å²) in [6.07, 6.45) is 6.23. The van der Waals surface area contributed by atoms with Crippen LogP contribution in [0.25, 0.3) is 0 Å². The van der Waals surface area contributed by atoms with E-state index in [1.807, 2.05) is 18.2 Å². The Hall–Kier alpha value is -2.67. The van der Waals surface area contributed by atoms with Crippen molar-refractivity contribution >= 4 is 11.8 Å². The van der Waals surface area contributed by atoms with E-state index in [1.165, 1.54) is 12.4 Å². The molecular weight excluding hydrogens is 320 g/mol. The molecule has 0 aliphatic carbocycles. The van der Waals surface area contributed by atoms with E-state index in [4.69, 9.17) is 9.47 Å². The lowest BCUT2D eigenvalue weighted by Gasteiger charge is -2.38. The van der Waals surface area contributed by atoms with E-state index in [0.29, 0.717) is 25.6 Å². The molecule has 2 amide bonds. The maximum atomic E-state index is 12.2. The van der Waals surface area contributed by atoms with Crippen LogP contribution in [0.15, 0.2) is 42.9 Å². The Labute approximate surface area is 146 Å². The molecular formula is C18H22N4O3. The van der Waals surface area contributed by atoms with Crippen LogP contribution in [0.3, 0.4) is 0 Å². The fraction of sp³-hybridized carbons (Fsp3) is 0.389. The molecule has 0 bridgehead atoms. The van der Waals surface area contributed by atoms with Gasteiger partial charge < -0.3 is 14.8 Å². The van der Waals surface area contributed by atoms with Gasteiger partial charge >= 0.3 is 6.03 Å². The van der Waals surface area contributed by atoms with Gasteiger partial charge in [-0.2, -0.15) is 0 Å². The molecule has 1 fully saturated rings. The molecule has 1 aromatic carbocycles. The number of methoxy groups -OCH3 is 1. The molecule has 7 nitrogen and oxygen atoms in total. The summed E-state index contributed by atoms with van der Waals surface area (Å²) >= 11 is 0. The molecule has 1 saturated heterocycles. The number of nitrogens with zero attached hydrogens (tertiary/aromatic N) is 2. The third-order valence-electron chi connectivity index (χ3n) is 4.52. The highest BCUT2D eigenvalue weighted by atomic mass is 16.5. The number of para-hydroxylation sites is 1. The second-order valence-electron chi connectivity index (χ2n) is 5.99. The van der Waals surface area contributed by atoms with E-state index in [2.05, 4.69) is 26.7 Å². The number of urea groups is 1. The first-order valence-corrected chi connectivity index (χ1v) is 8.26. The van der Waals surface area contributed by atoms with Crippen molar-refractivity contribution in [1.82, 2.24) is 15.3 Å².